The van der Waals surface area contributed by atoms with Gasteiger partial charge in [0, 0.05) is 24.7 Å². The first-order valence-corrected chi connectivity index (χ1v) is 10.8. The number of hydrogen-bond acceptors (Lipinski definition) is 4. The van der Waals surface area contributed by atoms with Crippen LogP contribution >= 0.6 is 0 Å². The Labute approximate surface area is 166 Å². The van der Waals surface area contributed by atoms with Crippen LogP contribution < -0.4 is 10.1 Å². The highest BCUT2D eigenvalue weighted by Crippen LogP contribution is 2.27. The number of methoxy groups -OCH3 is 1. The fourth-order valence-corrected chi connectivity index (χ4v) is 5.18. The Hall–Kier alpha value is -2.38. The molecule has 2 aromatic carbocycles. The number of amides is 1. The van der Waals surface area contributed by atoms with Gasteiger partial charge in [0.25, 0.3) is 0 Å². The summed E-state index contributed by atoms with van der Waals surface area (Å²) >= 11 is 0. The smallest absolute Gasteiger partial charge is 0.243 e. The van der Waals surface area contributed by atoms with Crippen molar-refractivity contribution in [3.8, 4) is 5.75 Å². The minimum absolute atomic E-state index is 0.0752. The van der Waals surface area contributed by atoms with E-state index in [1.807, 2.05) is 26.0 Å². The average molecular weight is 403 g/mol. The Bertz CT molecular complexity index is 947. The van der Waals surface area contributed by atoms with Gasteiger partial charge < -0.3 is 10.1 Å². The Morgan fingerprint density at radius 1 is 1.07 bits per heavy atom. The molecule has 0 aliphatic carbocycles. The van der Waals surface area contributed by atoms with Gasteiger partial charge in [-0.1, -0.05) is 17.7 Å². The zero-order chi connectivity index (χ0) is 20.3. The summed E-state index contributed by atoms with van der Waals surface area (Å²) in [5.74, 6) is 0.448. The second-order valence-corrected chi connectivity index (χ2v) is 9.07. The maximum atomic E-state index is 13.0. The summed E-state index contributed by atoms with van der Waals surface area (Å²) in [6, 6.07) is 12.5. The first-order chi connectivity index (χ1) is 13.3. The Kier molecular flexibility index (Phi) is 6.05. The average Bonchev–Trinajstić information content (AvgIpc) is 2.68. The summed E-state index contributed by atoms with van der Waals surface area (Å²) in [6.07, 6.45) is 1.01. The zero-order valence-electron chi connectivity index (χ0n) is 16.4. The lowest BCUT2D eigenvalue weighted by Crippen LogP contribution is -2.41. The third-order valence-corrected chi connectivity index (χ3v) is 7.19. The molecule has 1 aliphatic rings. The third-order valence-electron chi connectivity index (χ3n) is 5.13. The van der Waals surface area contributed by atoms with Gasteiger partial charge in [-0.15, -0.1) is 0 Å². The molecule has 1 N–H and O–H groups in total. The van der Waals surface area contributed by atoms with Crippen LogP contribution in [0.4, 0.5) is 5.69 Å². The molecular formula is C21H26N2O4S. The fraction of sp³-hybridized carbons (Fsp3) is 0.381. The second-order valence-electron chi connectivity index (χ2n) is 7.17. The first kappa shape index (κ1) is 20.4. The lowest BCUT2D eigenvalue weighted by molar-refractivity contribution is -0.120. The number of nitrogens with one attached hydrogen (secondary N) is 1. The van der Waals surface area contributed by atoms with Crippen LogP contribution in [-0.2, 0) is 14.8 Å². The van der Waals surface area contributed by atoms with Gasteiger partial charge in [0.2, 0.25) is 15.9 Å². The van der Waals surface area contributed by atoms with Gasteiger partial charge in [0.05, 0.1) is 12.0 Å². The van der Waals surface area contributed by atoms with Crippen LogP contribution in [0, 0.1) is 19.8 Å². The van der Waals surface area contributed by atoms with E-state index in [1.165, 1.54) is 4.31 Å². The van der Waals surface area contributed by atoms with Crippen molar-refractivity contribution >= 4 is 21.6 Å². The molecule has 0 spiro atoms. The minimum atomic E-state index is -3.54. The maximum Gasteiger partial charge on any atom is 0.243 e. The van der Waals surface area contributed by atoms with Crippen molar-refractivity contribution < 1.29 is 17.9 Å². The van der Waals surface area contributed by atoms with Crippen LogP contribution in [0.1, 0.15) is 24.0 Å². The van der Waals surface area contributed by atoms with Gasteiger partial charge in [-0.05, 0) is 62.6 Å². The molecule has 2 aromatic rings. The number of carbonyl (C=O) groups excluding carboxylic acids is 1. The summed E-state index contributed by atoms with van der Waals surface area (Å²) in [4.78, 5) is 12.9. The van der Waals surface area contributed by atoms with Crippen LogP contribution in [0.3, 0.4) is 0 Å². The number of aryl methyl sites for hydroxylation is 2. The highest BCUT2D eigenvalue weighted by molar-refractivity contribution is 7.89. The summed E-state index contributed by atoms with van der Waals surface area (Å²) in [7, 11) is -1.95. The first-order valence-electron chi connectivity index (χ1n) is 9.33. The van der Waals surface area contributed by atoms with Crippen molar-refractivity contribution in [3.63, 3.8) is 0 Å². The molecule has 28 heavy (non-hydrogen) atoms. The molecule has 6 nitrogen and oxygen atoms in total. The van der Waals surface area contributed by atoms with Crippen molar-refractivity contribution in [3.05, 3.63) is 53.6 Å². The molecule has 1 saturated heterocycles. The monoisotopic (exact) mass is 402 g/mol. The maximum absolute atomic E-state index is 13.0. The van der Waals surface area contributed by atoms with E-state index >= 15 is 0 Å². The summed E-state index contributed by atoms with van der Waals surface area (Å²) < 4.78 is 32.5. The van der Waals surface area contributed by atoms with E-state index in [9.17, 15) is 13.2 Å². The van der Waals surface area contributed by atoms with E-state index in [4.69, 9.17) is 4.74 Å². The Morgan fingerprint density at radius 2 is 1.71 bits per heavy atom. The molecule has 1 fully saturated rings. The van der Waals surface area contributed by atoms with Gasteiger partial charge in [-0.25, -0.2) is 8.42 Å². The molecule has 1 amide bonds. The van der Waals surface area contributed by atoms with Gasteiger partial charge in [-0.3, -0.25) is 4.79 Å². The number of benzene rings is 2. The van der Waals surface area contributed by atoms with Crippen molar-refractivity contribution in [1.29, 1.82) is 0 Å². The summed E-state index contributed by atoms with van der Waals surface area (Å²) in [5.41, 5.74) is 2.49. The Balaban J connectivity index is 1.62. The van der Waals surface area contributed by atoms with Crippen molar-refractivity contribution in [2.75, 3.05) is 25.5 Å². The molecule has 7 heteroatoms. The van der Waals surface area contributed by atoms with E-state index in [1.54, 1.807) is 37.4 Å². The van der Waals surface area contributed by atoms with Crippen LogP contribution in [-0.4, -0.2) is 38.8 Å². The molecule has 0 atom stereocenters. The van der Waals surface area contributed by atoms with E-state index in [2.05, 4.69) is 5.32 Å². The minimum Gasteiger partial charge on any atom is -0.497 e. The topological polar surface area (TPSA) is 75.7 Å². The Morgan fingerprint density at radius 3 is 2.29 bits per heavy atom. The SMILES string of the molecule is COc1ccc(NC(=O)C2CCN(S(=O)(=O)c3ccc(C)cc3C)CC2)cc1. The quantitative estimate of drug-likeness (QED) is 0.832. The van der Waals surface area contributed by atoms with Crippen LogP contribution in [0.15, 0.2) is 47.4 Å². The van der Waals surface area contributed by atoms with Crippen molar-refractivity contribution in [2.45, 2.75) is 31.6 Å². The fourth-order valence-electron chi connectivity index (χ4n) is 3.50. The predicted octanol–water partition coefficient (Wildman–Crippen LogP) is 3.35. The highest BCUT2D eigenvalue weighted by atomic mass is 32.2. The zero-order valence-corrected chi connectivity index (χ0v) is 17.3. The normalized spacial score (nSPS) is 16.0. The molecule has 150 valence electrons. The van der Waals surface area contributed by atoms with Crippen LogP contribution in [0.5, 0.6) is 5.75 Å². The number of anilines is 1. The number of hydrogen-bond donors (Lipinski definition) is 1. The molecule has 1 aliphatic heterocycles. The standard InChI is InChI=1S/C21H26N2O4S/c1-15-4-9-20(16(2)14-15)28(25,26)23-12-10-17(11-13-23)21(24)22-18-5-7-19(27-3)8-6-18/h4-9,14,17H,10-13H2,1-3H3,(H,22,24). The number of piperidine rings is 1. The van der Waals surface area contributed by atoms with Crippen LogP contribution in [0.2, 0.25) is 0 Å². The number of sulfonamides is 1. The predicted molar refractivity (Wildman–Crippen MR) is 109 cm³/mol. The lowest BCUT2D eigenvalue weighted by Gasteiger charge is -2.31. The summed E-state index contributed by atoms with van der Waals surface area (Å²) in [5, 5.41) is 2.90. The second kappa shape index (κ2) is 8.32. The number of ether oxygens (including phenoxy) is 1. The molecular weight excluding hydrogens is 376 g/mol. The summed E-state index contributed by atoms with van der Waals surface area (Å²) in [6.45, 7) is 4.44. The van der Waals surface area contributed by atoms with E-state index in [0.29, 0.717) is 36.5 Å². The third kappa shape index (κ3) is 4.36. The highest BCUT2D eigenvalue weighted by Gasteiger charge is 2.32. The molecule has 0 aromatic heterocycles. The molecule has 0 unspecified atom stereocenters. The number of carbonyl (C=O) groups is 1. The van der Waals surface area contributed by atoms with E-state index in [0.717, 1.165) is 16.9 Å². The van der Waals surface area contributed by atoms with Gasteiger partial charge >= 0.3 is 0 Å². The number of nitrogens with zero attached hydrogens (tertiary/aromatic N) is 1. The molecule has 0 bridgehead atoms. The lowest BCUT2D eigenvalue weighted by atomic mass is 9.97. The molecule has 0 radical (unpaired) electrons. The van der Waals surface area contributed by atoms with E-state index in [-0.39, 0.29) is 11.8 Å². The van der Waals surface area contributed by atoms with Crippen LogP contribution in [0.25, 0.3) is 0 Å². The number of rotatable bonds is 5. The van der Waals surface area contributed by atoms with Crippen molar-refractivity contribution in [2.24, 2.45) is 5.92 Å². The van der Waals surface area contributed by atoms with Crippen molar-refractivity contribution in [1.82, 2.24) is 4.31 Å². The van der Waals surface area contributed by atoms with Gasteiger partial charge in [0.15, 0.2) is 0 Å². The molecule has 0 saturated carbocycles. The van der Waals surface area contributed by atoms with Gasteiger partial charge in [-0.2, -0.15) is 4.31 Å². The molecule has 3 rings (SSSR count). The molecule has 1 heterocycles. The largest absolute Gasteiger partial charge is 0.497 e. The van der Waals surface area contributed by atoms with Gasteiger partial charge in [0.1, 0.15) is 5.75 Å². The van der Waals surface area contributed by atoms with E-state index < -0.39 is 10.0 Å².